The van der Waals surface area contributed by atoms with E-state index >= 15 is 0 Å². The van der Waals surface area contributed by atoms with E-state index in [2.05, 4.69) is 4.74 Å². The molecule has 5 nitrogen and oxygen atoms in total. The van der Waals surface area contributed by atoms with Gasteiger partial charge in [-0.05, 0) is 42.0 Å². The molecule has 0 aliphatic carbocycles. The number of carbonyl (C=O) groups is 2. The van der Waals surface area contributed by atoms with E-state index in [-0.39, 0.29) is 22.1 Å². The summed E-state index contributed by atoms with van der Waals surface area (Å²) in [5.41, 5.74) is 0.334. The molecule has 0 radical (unpaired) electrons. The molecule has 0 N–H and O–H groups in total. The van der Waals surface area contributed by atoms with Crippen LogP contribution in [0.5, 0.6) is 11.5 Å². The molecule has 0 fully saturated rings. The lowest BCUT2D eigenvalue weighted by Gasteiger charge is -2.10. The minimum absolute atomic E-state index is 0.0992. The van der Waals surface area contributed by atoms with Gasteiger partial charge in [0.1, 0.15) is 5.82 Å². The molecule has 0 heterocycles. The Morgan fingerprint density at radius 3 is 2.52 bits per heavy atom. The zero-order valence-corrected chi connectivity index (χ0v) is 14.2. The molecule has 7 heteroatoms. The topological polar surface area (TPSA) is 61.8 Å². The standard InChI is InChI=1S/C18H14ClFO5/c1-23-16-9-11(4-8-17(21)24-2)3-7-15(16)25-18(22)13-10-12(19)5-6-14(13)20/h3-10H,1-2H3/b8-4+. The lowest BCUT2D eigenvalue weighted by Crippen LogP contribution is -2.11. The molecule has 0 bridgehead atoms. The van der Waals surface area contributed by atoms with Crippen molar-refractivity contribution in [1.29, 1.82) is 0 Å². The molecular weight excluding hydrogens is 351 g/mol. The van der Waals surface area contributed by atoms with Crippen LogP contribution in [0.15, 0.2) is 42.5 Å². The van der Waals surface area contributed by atoms with Crippen LogP contribution in [0.1, 0.15) is 15.9 Å². The zero-order chi connectivity index (χ0) is 18.4. The largest absolute Gasteiger partial charge is 0.493 e. The zero-order valence-electron chi connectivity index (χ0n) is 13.4. The normalized spacial score (nSPS) is 10.6. The molecule has 0 aliphatic rings. The maximum Gasteiger partial charge on any atom is 0.346 e. The second-order valence-corrected chi connectivity index (χ2v) is 5.22. The molecule has 0 atom stereocenters. The predicted octanol–water partition coefficient (Wildman–Crippen LogP) is 3.89. The third kappa shape index (κ3) is 4.81. The Labute approximate surface area is 148 Å². The first-order valence-electron chi connectivity index (χ1n) is 7.06. The van der Waals surface area contributed by atoms with Crippen molar-refractivity contribution in [2.24, 2.45) is 0 Å². The van der Waals surface area contributed by atoms with Gasteiger partial charge >= 0.3 is 11.9 Å². The van der Waals surface area contributed by atoms with E-state index in [1.165, 1.54) is 44.6 Å². The first kappa shape index (κ1) is 18.5. The van der Waals surface area contributed by atoms with Crippen LogP contribution in [0.4, 0.5) is 4.39 Å². The first-order chi connectivity index (χ1) is 11.9. The molecule has 2 rings (SSSR count). The fraction of sp³-hybridized carbons (Fsp3) is 0.111. The number of hydrogen-bond acceptors (Lipinski definition) is 5. The Balaban J connectivity index is 2.24. The second kappa shape index (κ2) is 8.30. The average Bonchev–Trinajstić information content (AvgIpc) is 2.62. The van der Waals surface area contributed by atoms with Crippen LogP contribution in [0.2, 0.25) is 5.02 Å². The summed E-state index contributed by atoms with van der Waals surface area (Å²) in [6, 6.07) is 8.21. The van der Waals surface area contributed by atoms with Gasteiger partial charge in [0.05, 0.1) is 19.8 Å². The van der Waals surface area contributed by atoms with Crippen LogP contribution >= 0.6 is 11.6 Å². The van der Waals surface area contributed by atoms with Crippen molar-refractivity contribution in [3.05, 3.63) is 64.4 Å². The fourth-order valence-electron chi connectivity index (χ4n) is 1.91. The van der Waals surface area contributed by atoms with Crippen molar-refractivity contribution in [1.82, 2.24) is 0 Å². The lowest BCUT2D eigenvalue weighted by atomic mass is 10.2. The van der Waals surface area contributed by atoms with Crippen LogP contribution in [-0.2, 0) is 9.53 Å². The van der Waals surface area contributed by atoms with Crippen molar-refractivity contribution in [3.63, 3.8) is 0 Å². The monoisotopic (exact) mass is 364 g/mol. The van der Waals surface area contributed by atoms with E-state index < -0.39 is 17.8 Å². The average molecular weight is 365 g/mol. The molecule has 0 aliphatic heterocycles. The van der Waals surface area contributed by atoms with Gasteiger partial charge in [-0.25, -0.2) is 14.0 Å². The van der Waals surface area contributed by atoms with Gasteiger partial charge in [-0.15, -0.1) is 0 Å². The summed E-state index contributed by atoms with van der Waals surface area (Å²) in [7, 11) is 2.66. The highest BCUT2D eigenvalue weighted by Gasteiger charge is 2.17. The Kier molecular flexibility index (Phi) is 6.14. The number of benzene rings is 2. The van der Waals surface area contributed by atoms with Gasteiger partial charge in [-0.1, -0.05) is 17.7 Å². The molecule has 0 saturated carbocycles. The Morgan fingerprint density at radius 2 is 1.84 bits per heavy atom. The minimum Gasteiger partial charge on any atom is -0.493 e. The van der Waals surface area contributed by atoms with Gasteiger partial charge in [0.25, 0.3) is 0 Å². The minimum atomic E-state index is -0.906. The Bertz CT molecular complexity index is 832. The number of ether oxygens (including phenoxy) is 3. The predicted molar refractivity (Wildman–Crippen MR) is 90.4 cm³/mol. The van der Waals surface area contributed by atoms with Crippen molar-refractivity contribution in [2.75, 3.05) is 14.2 Å². The summed E-state index contributed by atoms with van der Waals surface area (Å²) in [5, 5.41) is 0.212. The van der Waals surface area contributed by atoms with E-state index in [1.807, 2.05) is 0 Å². The van der Waals surface area contributed by atoms with E-state index in [4.69, 9.17) is 21.1 Å². The van der Waals surface area contributed by atoms with Crippen LogP contribution in [-0.4, -0.2) is 26.2 Å². The number of methoxy groups -OCH3 is 2. The van der Waals surface area contributed by atoms with Crippen molar-refractivity contribution in [2.45, 2.75) is 0 Å². The molecule has 2 aromatic rings. The summed E-state index contributed by atoms with van der Waals surface area (Å²) < 4.78 is 28.6. The highest BCUT2D eigenvalue weighted by Crippen LogP contribution is 2.30. The van der Waals surface area contributed by atoms with E-state index in [9.17, 15) is 14.0 Å². The number of rotatable bonds is 5. The highest BCUT2D eigenvalue weighted by atomic mass is 35.5. The molecule has 130 valence electrons. The molecule has 25 heavy (non-hydrogen) atoms. The molecule has 0 spiro atoms. The van der Waals surface area contributed by atoms with E-state index in [1.54, 1.807) is 12.1 Å². The summed E-state index contributed by atoms with van der Waals surface area (Å²) >= 11 is 5.77. The quantitative estimate of drug-likeness (QED) is 0.457. The molecule has 2 aromatic carbocycles. The summed E-state index contributed by atoms with van der Waals surface area (Å²) in [6.45, 7) is 0. The molecule has 0 aromatic heterocycles. The van der Waals surface area contributed by atoms with Crippen LogP contribution in [0.3, 0.4) is 0 Å². The van der Waals surface area contributed by atoms with Crippen LogP contribution < -0.4 is 9.47 Å². The van der Waals surface area contributed by atoms with Gasteiger partial charge in [0.15, 0.2) is 11.5 Å². The van der Waals surface area contributed by atoms with E-state index in [0.29, 0.717) is 5.56 Å². The molecule has 0 saturated heterocycles. The van der Waals surface area contributed by atoms with Gasteiger partial charge in [0.2, 0.25) is 0 Å². The third-order valence-electron chi connectivity index (χ3n) is 3.15. The number of halogens is 2. The summed E-state index contributed by atoms with van der Waals surface area (Å²) in [4.78, 5) is 23.3. The highest BCUT2D eigenvalue weighted by molar-refractivity contribution is 6.30. The van der Waals surface area contributed by atoms with Crippen molar-refractivity contribution < 1.29 is 28.2 Å². The van der Waals surface area contributed by atoms with Crippen molar-refractivity contribution in [3.8, 4) is 11.5 Å². The van der Waals surface area contributed by atoms with Gasteiger partial charge < -0.3 is 14.2 Å². The number of hydrogen-bond donors (Lipinski definition) is 0. The second-order valence-electron chi connectivity index (χ2n) is 4.78. The maximum absolute atomic E-state index is 13.7. The fourth-order valence-corrected chi connectivity index (χ4v) is 2.09. The first-order valence-corrected chi connectivity index (χ1v) is 7.43. The van der Waals surface area contributed by atoms with Crippen LogP contribution in [0, 0.1) is 5.82 Å². The molecular formula is C18H14ClFO5. The van der Waals surface area contributed by atoms with E-state index in [0.717, 1.165) is 6.07 Å². The van der Waals surface area contributed by atoms with Gasteiger partial charge in [-0.2, -0.15) is 0 Å². The number of carbonyl (C=O) groups excluding carboxylic acids is 2. The molecule has 0 unspecified atom stereocenters. The maximum atomic E-state index is 13.7. The summed E-state index contributed by atoms with van der Waals surface area (Å²) in [6.07, 6.45) is 2.75. The Hall–Kier alpha value is -2.86. The summed E-state index contributed by atoms with van der Waals surface area (Å²) in [5.74, 6) is -1.82. The third-order valence-corrected chi connectivity index (χ3v) is 3.39. The van der Waals surface area contributed by atoms with Crippen molar-refractivity contribution >= 4 is 29.6 Å². The Morgan fingerprint density at radius 1 is 1.08 bits per heavy atom. The van der Waals surface area contributed by atoms with Gasteiger partial charge in [-0.3, -0.25) is 0 Å². The SMILES string of the molecule is COC(=O)/C=C/c1ccc(OC(=O)c2cc(Cl)ccc2F)c(OC)c1. The smallest absolute Gasteiger partial charge is 0.346 e. The number of esters is 2. The van der Waals surface area contributed by atoms with Crippen LogP contribution in [0.25, 0.3) is 6.08 Å². The lowest BCUT2D eigenvalue weighted by molar-refractivity contribution is -0.134. The molecule has 0 amide bonds. The van der Waals surface area contributed by atoms with Gasteiger partial charge in [0, 0.05) is 11.1 Å².